The van der Waals surface area contributed by atoms with Gasteiger partial charge >= 0.3 is 5.97 Å². The number of nitrogens with one attached hydrogen (secondary N) is 1. The number of rotatable bonds is 7. The van der Waals surface area contributed by atoms with Crippen molar-refractivity contribution in [1.29, 1.82) is 0 Å². The van der Waals surface area contributed by atoms with Crippen molar-refractivity contribution in [2.24, 2.45) is 17.6 Å². The second kappa shape index (κ2) is 8.14. The first-order chi connectivity index (χ1) is 9.83. The highest BCUT2D eigenvalue weighted by molar-refractivity contribution is 9.10. The van der Waals surface area contributed by atoms with Gasteiger partial charge in [-0.1, -0.05) is 13.8 Å². The van der Waals surface area contributed by atoms with Crippen LogP contribution in [0.25, 0.3) is 0 Å². The predicted molar refractivity (Wildman–Crippen MR) is 86.3 cm³/mol. The normalized spacial score (nSPS) is 12.2. The van der Waals surface area contributed by atoms with Crippen LogP contribution in [0.5, 0.6) is 0 Å². The van der Waals surface area contributed by atoms with E-state index >= 15 is 0 Å². The Balaban J connectivity index is 2.70. The minimum atomic E-state index is -1.04. The number of hydrogen-bond donors (Lipinski definition) is 3. The lowest BCUT2D eigenvalue weighted by atomic mass is 9.94. The highest BCUT2D eigenvalue weighted by atomic mass is 79.9. The van der Waals surface area contributed by atoms with Gasteiger partial charge < -0.3 is 16.2 Å². The third kappa shape index (κ3) is 5.85. The summed E-state index contributed by atoms with van der Waals surface area (Å²) < 4.78 is 0.479. The molecule has 116 valence electrons. The number of aromatic carboxylic acids is 1. The van der Waals surface area contributed by atoms with E-state index in [-0.39, 0.29) is 17.4 Å². The number of carbonyl (C=O) groups is 2. The SMILES string of the molecule is CC(C)C[C@H](CN)CC(=O)Nc1ccc(Br)c(C(=O)O)c1. The number of carbonyl (C=O) groups excluding carboxylic acids is 1. The van der Waals surface area contributed by atoms with Crippen LogP contribution in [-0.2, 0) is 4.79 Å². The summed E-state index contributed by atoms with van der Waals surface area (Å²) in [7, 11) is 0. The maximum absolute atomic E-state index is 12.0. The fourth-order valence-corrected chi connectivity index (χ4v) is 2.59. The molecule has 0 aliphatic carbocycles. The fourth-order valence-electron chi connectivity index (χ4n) is 2.17. The third-order valence-electron chi connectivity index (χ3n) is 3.09. The van der Waals surface area contributed by atoms with Crippen LogP contribution in [0.2, 0.25) is 0 Å². The van der Waals surface area contributed by atoms with Crippen LogP contribution in [0.1, 0.15) is 37.0 Å². The van der Waals surface area contributed by atoms with Gasteiger partial charge in [-0.3, -0.25) is 4.79 Å². The first-order valence-corrected chi connectivity index (χ1v) is 7.65. The van der Waals surface area contributed by atoms with Crippen LogP contribution in [0, 0.1) is 11.8 Å². The topological polar surface area (TPSA) is 92.4 Å². The lowest BCUT2D eigenvalue weighted by molar-refractivity contribution is -0.117. The summed E-state index contributed by atoms with van der Waals surface area (Å²) in [6.07, 6.45) is 1.23. The Hall–Kier alpha value is -1.40. The summed E-state index contributed by atoms with van der Waals surface area (Å²) >= 11 is 3.17. The number of carboxylic acid groups (broad SMARTS) is 1. The highest BCUT2D eigenvalue weighted by Crippen LogP contribution is 2.22. The van der Waals surface area contributed by atoms with Gasteiger partial charge in [-0.25, -0.2) is 4.79 Å². The van der Waals surface area contributed by atoms with Crippen molar-refractivity contribution in [1.82, 2.24) is 0 Å². The molecule has 21 heavy (non-hydrogen) atoms. The van der Waals surface area contributed by atoms with Gasteiger partial charge in [-0.05, 0) is 58.9 Å². The zero-order chi connectivity index (χ0) is 16.0. The molecule has 0 bridgehead atoms. The van der Waals surface area contributed by atoms with Crippen molar-refractivity contribution in [2.75, 3.05) is 11.9 Å². The molecule has 0 spiro atoms. The lowest BCUT2D eigenvalue weighted by Gasteiger charge is -2.16. The first-order valence-electron chi connectivity index (χ1n) is 6.86. The Morgan fingerprint density at radius 3 is 2.57 bits per heavy atom. The van der Waals surface area contributed by atoms with Gasteiger partial charge in [0.1, 0.15) is 0 Å². The van der Waals surface area contributed by atoms with Crippen LogP contribution in [0.4, 0.5) is 5.69 Å². The zero-order valence-electron chi connectivity index (χ0n) is 12.2. The Bertz CT molecular complexity index is 518. The molecule has 6 heteroatoms. The van der Waals surface area contributed by atoms with E-state index in [1.807, 2.05) is 0 Å². The van der Waals surface area contributed by atoms with E-state index in [9.17, 15) is 9.59 Å². The summed E-state index contributed by atoms with van der Waals surface area (Å²) in [5, 5.41) is 11.8. The van der Waals surface area contributed by atoms with E-state index < -0.39 is 5.97 Å². The van der Waals surface area contributed by atoms with Gasteiger partial charge in [0, 0.05) is 16.6 Å². The maximum Gasteiger partial charge on any atom is 0.336 e. The molecule has 0 aliphatic heterocycles. The fraction of sp³-hybridized carbons (Fsp3) is 0.467. The minimum Gasteiger partial charge on any atom is -0.478 e. The number of halogens is 1. The molecule has 4 N–H and O–H groups in total. The van der Waals surface area contributed by atoms with Crippen molar-refractivity contribution in [2.45, 2.75) is 26.7 Å². The third-order valence-corrected chi connectivity index (χ3v) is 3.78. The number of nitrogens with two attached hydrogens (primary N) is 1. The Labute approximate surface area is 133 Å². The smallest absolute Gasteiger partial charge is 0.336 e. The Morgan fingerprint density at radius 1 is 1.38 bits per heavy atom. The number of benzene rings is 1. The molecule has 0 heterocycles. The average molecular weight is 357 g/mol. The second-order valence-electron chi connectivity index (χ2n) is 5.48. The van der Waals surface area contributed by atoms with Crippen molar-refractivity contribution < 1.29 is 14.7 Å². The van der Waals surface area contributed by atoms with Gasteiger partial charge in [0.25, 0.3) is 0 Å². The van der Waals surface area contributed by atoms with E-state index in [1.165, 1.54) is 6.07 Å². The summed E-state index contributed by atoms with van der Waals surface area (Å²) in [6.45, 7) is 4.65. The first kappa shape index (κ1) is 17.7. The molecular weight excluding hydrogens is 336 g/mol. The monoisotopic (exact) mass is 356 g/mol. The molecule has 1 rings (SSSR count). The van der Waals surface area contributed by atoms with Gasteiger partial charge in [-0.15, -0.1) is 0 Å². The number of carboxylic acids is 1. The quantitative estimate of drug-likeness (QED) is 0.699. The molecule has 1 atom stereocenters. The Morgan fingerprint density at radius 2 is 2.05 bits per heavy atom. The van der Waals surface area contributed by atoms with E-state index in [1.54, 1.807) is 12.1 Å². The van der Waals surface area contributed by atoms with Crippen molar-refractivity contribution in [3.8, 4) is 0 Å². The van der Waals surface area contributed by atoms with Crippen molar-refractivity contribution >= 4 is 33.5 Å². The predicted octanol–water partition coefficient (Wildman–Crippen LogP) is 3.10. The van der Waals surface area contributed by atoms with Crippen LogP contribution in [0.3, 0.4) is 0 Å². The minimum absolute atomic E-state index is 0.116. The highest BCUT2D eigenvalue weighted by Gasteiger charge is 2.15. The van der Waals surface area contributed by atoms with Gasteiger partial charge in [0.05, 0.1) is 5.56 Å². The molecule has 1 aromatic rings. The molecule has 0 saturated carbocycles. The molecule has 0 aromatic heterocycles. The van der Waals surface area contributed by atoms with E-state index in [2.05, 4.69) is 35.1 Å². The molecule has 1 aromatic carbocycles. The molecule has 0 saturated heterocycles. The maximum atomic E-state index is 12.0. The molecule has 5 nitrogen and oxygen atoms in total. The van der Waals surface area contributed by atoms with E-state index in [4.69, 9.17) is 10.8 Å². The van der Waals surface area contributed by atoms with E-state index in [0.717, 1.165) is 6.42 Å². The molecule has 0 unspecified atom stereocenters. The largest absolute Gasteiger partial charge is 0.478 e. The Kier molecular flexibility index (Phi) is 6.84. The molecule has 0 radical (unpaired) electrons. The number of hydrogen-bond acceptors (Lipinski definition) is 3. The van der Waals surface area contributed by atoms with Crippen LogP contribution < -0.4 is 11.1 Å². The molecule has 0 aliphatic rings. The lowest BCUT2D eigenvalue weighted by Crippen LogP contribution is -2.23. The van der Waals surface area contributed by atoms with Gasteiger partial charge in [0.2, 0.25) is 5.91 Å². The summed E-state index contributed by atoms with van der Waals surface area (Å²) in [4.78, 5) is 23.0. The number of anilines is 1. The van der Waals surface area contributed by atoms with Gasteiger partial charge in [-0.2, -0.15) is 0 Å². The van der Waals surface area contributed by atoms with Crippen LogP contribution in [-0.4, -0.2) is 23.5 Å². The standard InChI is InChI=1S/C15H21BrN2O3/c1-9(2)5-10(8-17)6-14(19)18-11-3-4-13(16)12(7-11)15(20)21/h3-4,7,9-10H,5-6,8,17H2,1-2H3,(H,18,19)(H,20,21)/t10-/m0/s1. The average Bonchev–Trinajstić information content (AvgIpc) is 2.39. The molecule has 1 amide bonds. The van der Waals surface area contributed by atoms with Crippen molar-refractivity contribution in [3.05, 3.63) is 28.2 Å². The van der Waals surface area contributed by atoms with Gasteiger partial charge in [0.15, 0.2) is 0 Å². The zero-order valence-corrected chi connectivity index (χ0v) is 13.8. The van der Waals surface area contributed by atoms with E-state index in [0.29, 0.717) is 29.0 Å². The summed E-state index contributed by atoms with van der Waals surface area (Å²) in [5.41, 5.74) is 6.27. The van der Waals surface area contributed by atoms with Crippen LogP contribution >= 0.6 is 15.9 Å². The molecule has 0 fully saturated rings. The number of amides is 1. The van der Waals surface area contributed by atoms with Crippen molar-refractivity contribution in [3.63, 3.8) is 0 Å². The van der Waals surface area contributed by atoms with Crippen LogP contribution in [0.15, 0.2) is 22.7 Å². The summed E-state index contributed by atoms with van der Waals surface area (Å²) in [5.74, 6) is -0.570. The molecular formula is C15H21BrN2O3. The summed E-state index contributed by atoms with van der Waals surface area (Å²) in [6, 6.07) is 4.70. The second-order valence-corrected chi connectivity index (χ2v) is 6.34.